The van der Waals surface area contributed by atoms with Gasteiger partial charge in [-0.3, -0.25) is 4.79 Å². The Morgan fingerprint density at radius 1 is 0.933 bits per heavy atom. The number of benzene rings is 3. The summed E-state index contributed by atoms with van der Waals surface area (Å²) in [5.74, 6) is 0.00164. The second-order valence-electron chi connectivity index (χ2n) is 7.25. The van der Waals surface area contributed by atoms with Crippen LogP contribution in [-0.2, 0) is 11.2 Å². The van der Waals surface area contributed by atoms with Crippen molar-refractivity contribution in [3.05, 3.63) is 101 Å². The van der Waals surface area contributed by atoms with Crippen LogP contribution in [0.5, 0.6) is 0 Å². The standard InChI is InChI=1S/C26H23BrN2O/c1-2-22(18-11-5-3-6-12-18)28-24(30)17-21-20-15-9-10-16-23(20)29-26(25(21)27)19-13-7-4-8-14-19/h3-16,22H,2,17H2,1H3,(H,28,30)/t22-/m0/s1. The Balaban J connectivity index is 1.69. The number of rotatable bonds is 6. The van der Waals surface area contributed by atoms with Crippen molar-refractivity contribution in [2.45, 2.75) is 25.8 Å². The molecule has 0 fully saturated rings. The first-order valence-electron chi connectivity index (χ1n) is 10.1. The topological polar surface area (TPSA) is 42.0 Å². The summed E-state index contributed by atoms with van der Waals surface area (Å²) < 4.78 is 0.871. The normalized spacial score (nSPS) is 11.9. The van der Waals surface area contributed by atoms with Gasteiger partial charge in [-0.2, -0.15) is 0 Å². The minimum atomic E-state index is -0.000768. The molecule has 0 saturated carbocycles. The van der Waals surface area contributed by atoms with Crippen LogP contribution >= 0.6 is 15.9 Å². The van der Waals surface area contributed by atoms with Crippen molar-refractivity contribution in [3.8, 4) is 11.3 Å². The number of halogens is 1. The van der Waals surface area contributed by atoms with E-state index < -0.39 is 0 Å². The van der Waals surface area contributed by atoms with Crippen molar-refractivity contribution in [1.82, 2.24) is 10.3 Å². The van der Waals surface area contributed by atoms with E-state index in [0.717, 1.165) is 44.2 Å². The van der Waals surface area contributed by atoms with Gasteiger partial charge in [0.1, 0.15) is 0 Å². The molecule has 150 valence electrons. The lowest BCUT2D eigenvalue weighted by Crippen LogP contribution is -2.29. The molecule has 0 bridgehead atoms. The third kappa shape index (κ3) is 4.29. The molecule has 0 saturated heterocycles. The lowest BCUT2D eigenvalue weighted by Gasteiger charge is -2.19. The third-order valence-corrected chi connectivity index (χ3v) is 6.12. The Hall–Kier alpha value is -2.98. The number of carbonyl (C=O) groups excluding carboxylic acids is 1. The molecular formula is C26H23BrN2O. The summed E-state index contributed by atoms with van der Waals surface area (Å²) in [6.07, 6.45) is 1.12. The average molecular weight is 459 g/mol. The summed E-state index contributed by atoms with van der Waals surface area (Å²) >= 11 is 3.75. The van der Waals surface area contributed by atoms with Crippen molar-refractivity contribution >= 4 is 32.7 Å². The van der Waals surface area contributed by atoms with E-state index in [2.05, 4.69) is 40.3 Å². The Labute approximate surface area is 185 Å². The molecule has 3 aromatic carbocycles. The molecule has 1 heterocycles. The number of hydrogen-bond acceptors (Lipinski definition) is 2. The zero-order valence-corrected chi connectivity index (χ0v) is 18.4. The van der Waals surface area contributed by atoms with Gasteiger partial charge in [0.2, 0.25) is 5.91 Å². The fourth-order valence-corrected chi connectivity index (χ4v) is 4.40. The van der Waals surface area contributed by atoms with Crippen LogP contribution in [0.3, 0.4) is 0 Å². The van der Waals surface area contributed by atoms with E-state index in [1.54, 1.807) is 0 Å². The van der Waals surface area contributed by atoms with Gasteiger partial charge in [0, 0.05) is 15.4 Å². The van der Waals surface area contributed by atoms with E-state index in [1.165, 1.54) is 0 Å². The summed E-state index contributed by atoms with van der Waals surface area (Å²) in [5, 5.41) is 4.19. The molecule has 4 heteroatoms. The number of pyridine rings is 1. The van der Waals surface area contributed by atoms with Crippen LogP contribution in [-0.4, -0.2) is 10.9 Å². The lowest BCUT2D eigenvalue weighted by molar-refractivity contribution is -0.121. The number of carbonyl (C=O) groups is 1. The summed E-state index contributed by atoms with van der Waals surface area (Å²) in [7, 11) is 0. The van der Waals surface area contributed by atoms with Crippen molar-refractivity contribution in [3.63, 3.8) is 0 Å². The van der Waals surface area contributed by atoms with E-state index in [0.29, 0.717) is 0 Å². The maximum atomic E-state index is 13.0. The van der Waals surface area contributed by atoms with Crippen LogP contribution in [0.1, 0.15) is 30.5 Å². The minimum Gasteiger partial charge on any atom is -0.349 e. The summed E-state index contributed by atoms with van der Waals surface area (Å²) in [6.45, 7) is 2.09. The van der Waals surface area contributed by atoms with Gasteiger partial charge in [-0.05, 0) is 39.5 Å². The van der Waals surface area contributed by atoms with E-state index in [1.807, 2.05) is 72.8 Å². The Morgan fingerprint density at radius 3 is 2.27 bits per heavy atom. The van der Waals surface area contributed by atoms with Crippen molar-refractivity contribution in [2.75, 3.05) is 0 Å². The first-order chi connectivity index (χ1) is 14.7. The summed E-state index contributed by atoms with van der Waals surface area (Å²) in [4.78, 5) is 17.9. The number of aromatic nitrogens is 1. The molecule has 0 aliphatic carbocycles. The van der Waals surface area contributed by atoms with Crippen molar-refractivity contribution < 1.29 is 4.79 Å². The molecule has 1 atom stereocenters. The molecule has 3 nitrogen and oxygen atoms in total. The van der Waals surface area contributed by atoms with E-state index >= 15 is 0 Å². The highest BCUT2D eigenvalue weighted by atomic mass is 79.9. The van der Waals surface area contributed by atoms with Crippen LogP contribution in [0.15, 0.2) is 89.4 Å². The number of para-hydroxylation sites is 1. The lowest BCUT2D eigenvalue weighted by atomic mass is 10.0. The number of amides is 1. The largest absolute Gasteiger partial charge is 0.349 e. The van der Waals surface area contributed by atoms with Crippen molar-refractivity contribution in [2.24, 2.45) is 0 Å². The molecule has 1 N–H and O–H groups in total. The number of nitrogens with zero attached hydrogens (tertiary/aromatic N) is 1. The van der Waals surface area contributed by atoms with Gasteiger partial charge in [0.25, 0.3) is 0 Å². The second kappa shape index (κ2) is 9.23. The van der Waals surface area contributed by atoms with Crippen LogP contribution < -0.4 is 5.32 Å². The van der Waals surface area contributed by atoms with Crippen LogP contribution in [0.4, 0.5) is 0 Å². The molecule has 1 amide bonds. The smallest absolute Gasteiger partial charge is 0.224 e. The molecule has 0 aliphatic heterocycles. The number of fused-ring (bicyclic) bond motifs is 1. The predicted octanol–water partition coefficient (Wildman–Crippen LogP) is 6.47. The molecule has 30 heavy (non-hydrogen) atoms. The fraction of sp³-hybridized carbons (Fsp3) is 0.154. The summed E-state index contributed by atoms with van der Waals surface area (Å²) in [5.41, 5.74) is 4.84. The third-order valence-electron chi connectivity index (χ3n) is 5.26. The van der Waals surface area contributed by atoms with Gasteiger partial charge >= 0.3 is 0 Å². The molecular weight excluding hydrogens is 436 g/mol. The van der Waals surface area contributed by atoms with E-state index in [4.69, 9.17) is 4.98 Å². The molecule has 0 radical (unpaired) electrons. The van der Waals surface area contributed by atoms with Gasteiger partial charge in [0.05, 0.1) is 23.7 Å². The molecule has 0 spiro atoms. The zero-order valence-electron chi connectivity index (χ0n) is 16.8. The van der Waals surface area contributed by atoms with Gasteiger partial charge in [-0.25, -0.2) is 4.98 Å². The van der Waals surface area contributed by atoms with Gasteiger partial charge < -0.3 is 5.32 Å². The summed E-state index contributed by atoms with van der Waals surface area (Å²) in [6, 6.07) is 28.1. The zero-order chi connectivity index (χ0) is 20.9. The average Bonchev–Trinajstić information content (AvgIpc) is 2.80. The van der Waals surface area contributed by atoms with Crippen molar-refractivity contribution in [1.29, 1.82) is 0 Å². The first kappa shape index (κ1) is 20.3. The first-order valence-corrected chi connectivity index (χ1v) is 10.9. The van der Waals surface area contributed by atoms with Crippen LogP contribution in [0.25, 0.3) is 22.2 Å². The molecule has 1 aromatic heterocycles. The second-order valence-corrected chi connectivity index (χ2v) is 8.04. The van der Waals surface area contributed by atoms with Crippen LogP contribution in [0, 0.1) is 0 Å². The van der Waals surface area contributed by atoms with E-state index in [9.17, 15) is 4.79 Å². The van der Waals surface area contributed by atoms with Gasteiger partial charge in [0.15, 0.2) is 0 Å². The van der Waals surface area contributed by atoms with Gasteiger partial charge in [-0.1, -0.05) is 85.8 Å². The highest BCUT2D eigenvalue weighted by Gasteiger charge is 2.19. The Bertz CT molecular complexity index is 1160. The molecule has 4 rings (SSSR count). The van der Waals surface area contributed by atoms with Crippen LogP contribution in [0.2, 0.25) is 0 Å². The maximum Gasteiger partial charge on any atom is 0.224 e. The number of nitrogens with one attached hydrogen (secondary N) is 1. The minimum absolute atomic E-state index is 0.000768. The quantitative estimate of drug-likeness (QED) is 0.359. The Morgan fingerprint density at radius 2 is 1.57 bits per heavy atom. The maximum absolute atomic E-state index is 13.0. The Kier molecular flexibility index (Phi) is 6.24. The highest BCUT2D eigenvalue weighted by Crippen LogP contribution is 2.34. The fourth-order valence-electron chi connectivity index (χ4n) is 3.73. The molecule has 4 aromatic rings. The monoisotopic (exact) mass is 458 g/mol. The molecule has 0 unspecified atom stereocenters. The number of hydrogen-bond donors (Lipinski definition) is 1. The predicted molar refractivity (Wildman–Crippen MR) is 126 cm³/mol. The SMILES string of the molecule is CC[C@H](NC(=O)Cc1c(Br)c(-c2ccccc2)nc2ccccc12)c1ccccc1. The van der Waals surface area contributed by atoms with Gasteiger partial charge in [-0.15, -0.1) is 0 Å². The highest BCUT2D eigenvalue weighted by molar-refractivity contribution is 9.10. The van der Waals surface area contributed by atoms with E-state index in [-0.39, 0.29) is 18.4 Å². The molecule has 0 aliphatic rings.